The van der Waals surface area contributed by atoms with E-state index in [-0.39, 0.29) is 5.91 Å². The van der Waals surface area contributed by atoms with E-state index in [0.717, 1.165) is 18.7 Å². The topological polar surface area (TPSA) is 61.6 Å². The first kappa shape index (κ1) is 15.7. The zero-order valence-electron chi connectivity index (χ0n) is 13.3. The Labute approximate surface area is 135 Å². The maximum Gasteiger partial charge on any atom is 0.272 e. The highest BCUT2D eigenvalue weighted by atomic mass is 16.3. The normalized spacial score (nSPS) is 17.2. The van der Waals surface area contributed by atoms with Gasteiger partial charge in [-0.25, -0.2) is 0 Å². The van der Waals surface area contributed by atoms with Crippen LogP contribution in [0.5, 0.6) is 0 Å². The van der Waals surface area contributed by atoms with Crippen LogP contribution in [-0.4, -0.2) is 63.3 Å². The van der Waals surface area contributed by atoms with Gasteiger partial charge < -0.3 is 10.0 Å². The molecule has 1 N–H and O–H groups in total. The third-order valence-corrected chi connectivity index (χ3v) is 4.32. The molecule has 23 heavy (non-hydrogen) atoms. The van der Waals surface area contributed by atoms with Crippen LogP contribution in [0.15, 0.2) is 42.6 Å². The lowest BCUT2D eigenvalue weighted by Gasteiger charge is -2.35. The van der Waals surface area contributed by atoms with Gasteiger partial charge in [0, 0.05) is 46.0 Å². The van der Waals surface area contributed by atoms with Crippen LogP contribution in [0.3, 0.4) is 0 Å². The SMILES string of the molecule is Cn1nccc1C(=O)N1CCN(C[C@@H](O)c2ccccc2)CC1. The van der Waals surface area contributed by atoms with E-state index in [9.17, 15) is 9.90 Å². The number of hydrogen-bond donors (Lipinski definition) is 1. The molecule has 1 aliphatic heterocycles. The summed E-state index contributed by atoms with van der Waals surface area (Å²) in [7, 11) is 1.78. The van der Waals surface area contributed by atoms with E-state index in [2.05, 4.69) is 10.00 Å². The molecule has 6 heteroatoms. The van der Waals surface area contributed by atoms with Crippen LogP contribution in [0.4, 0.5) is 0 Å². The van der Waals surface area contributed by atoms with Crippen molar-refractivity contribution in [3.8, 4) is 0 Å². The van der Waals surface area contributed by atoms with Gasteiger partial charge in [-0.05, 0) is 11.6 Å². The minimum absolute atomic E-state index is 0.0215. The summed E-state index contributed by atoms with van der Waals surface area (Å²) < 4.78 is 1.61. The van der Waals surface area contributed by atoms with Crippen molar-refractivity contribution in [2.45, 2.75) is 6.10 Å². The van der Waals surface area contributed by atoms with Crippen LogP contribution in [-0.2, 0) is 7.05 Å². The molecule has 0 bridgehead atoms. The molecule has 2 heterocycles. The van der Waals surface area contributed by atoms with Gasteiger partial charge in [0.2, 0.25) is 0 Å². The quantitative estimate of drug-likeness (QED) is 0.911. The molecule has 3 rings (SSSR count). The standard InChI is InChI=1S/C17H22N4O2/c1-19-15(7-8-18-19)17(23)21-11-9-20(10-12-21)13-16(22)14-5-3-2-4-6-14/h2-8,16,22H,9-13H2,1H3/t16-/m1/s1. The van der Waals surface area contributed by atoms with E-state index in [0.29, 0.717) is 25.3 Å². The molecule has 0 unspecified atom stereocenters. The number of hydrogen-bond acceptors (Lipinski definition) is 4. The van der Waals surface area contributed by atoms with Gasteiger partial charge in [-0.15, -0.1) is 0 Å². The fraction of sp³-hybridized carbons (Fsp3) is 0.412. The van der Waals surface area contributed by atoms with Gasteiger partial charge in [-0.1, -0.05) is 30.3 Å². The van der Waals surface area contributed by atoms with Gasteiger partial charge in [-0.3, -0.25) is 14.4 Å². The Hall–Kier alpha value is -2.18. The number of nitrogens with zero attached hydrogens (tertiary/aromatic N) is 4. The summed E-state index contributed by atoms with van der Waals surface area (Å²) in [6.07, 6.45) is 1.15. The summed E-state index contributed by atoms with van der Waals surface area (Å²) in [5, 5.41) is 14.3. The maximum absolute atomic E-state index is 12.4. The van der Waals surface area contributed by atoms with Gasteiger partial charge in [0.05, 0.1) is 6.10 Å². The Kier molecular flexibility index (Phi) is 4.73. The molecule has 2 aromatic rings. The first-order valence-corrected chi connectivity index (χ1v) is 7.88. The predicted molar refractivity (Wildman–Crippen MR) is 87.0 cm³/mol. The molecule has 6 nitrogen and oxygen atoms in total. The average molecular weight is 314 g/mol. The fourth-order valence-electron chi connectivity index (χ4n) is 2.90. The summed E-state index contributed by atoms with van der Waals surface area (Å²) in [6.45, 7) is 3.48. The lowest BCUT2D eigenvalue weighted by molar-refractivity contribution is 0.0519. The van der Waals surface area contributed by atoms with Gasteiger partial charge in [0.1, 0.15) is 5.69 Å². The second-order valence-electron chi connectivity index (χ2n) is 5.86. The zero-order valence-corrected chi connectivity index (χ0v) is 13.3. The number of aliphatic hydroxyl groups excluding tert-OH is 1. The van der Waals surface area contributed by atoms with E-state index >= 15 is 0 Å². The Balaban J connectivity index is 1.53. The Morgan fingerprint density at radius 1 is 1.17 bits per heavy atom. The van der Waals surface area contributed by atoms with Gasteiger partial charge in [0.25, 0.3) is 5.91 Å². The molecular weight excluding hydrogens is 292 g/mol. The van der Waals surface area contributed by atoms with Crippen molar-refractivity contribution in [2.24, 2.45) is 7.05 Å². The molecule has 1 atom stereocenters. The van der Waals surface area contributed by atoms with Crippen molar-refractivity contribution < 1.29 is 9.90 Å². The fourth-order valence-corrected chi connectivity index (χ4v) is 2.90. The first-order valence-electron chi connectivity index (χ1n) is 7.88. The van der Waals surface area contributed by atoms with Gasteiger partial charge >= 0.3 is 0 Å². The van der Waals surface area contributed by atoms with Crippen LogP contribution in [0.1, 0.15) is 22.2 Å². The third-order valence-electron chi connectivity index (χ3n) is 4.32. The Bertz CT molecular complexity index is 648. The molecular formula is C17H22N4O2. The number of aryl methyl sites for hydroxylation is 1. The summed E-state index contributed by atoms with van der Waals surface area (Å²) in [5.74, 6) is 0.0215. The lowest BCUT2D eigenvalue weighted by Crippen LogP contribution is -2.49. The van der Waals surface area contributed by atoms with Crippen molar-refractivity contribution in [2.75, 3.05) is 32.7 Å². The minimum Gasteiger partial charge on any atom is -0.387 e. The number of benzene rings is 1. The monoisotopic (exact) mass is 314 g/mol. The van der Waals surface area contributed by atoms with Crippen molar-refractivity contribution in [1.29, 1.82) is 0 Å². The van der Waals surface area contributed by atoms with Crippen molar-refractivity contribution in [3.05, 3.63) is 53.9 Å². The van der Waals surface area contributed by atoms with E-state index in [1.807, 2.05) is 35.2 Å². The molecule has 122 valence electrons. The number of carbonyl (C=O) groups is 1. The minimum atomic E-state index is -0.490. The third kappa shape index (κ3) is 3.60. The van der Waals surface area contributed by atoms with Crippen LogP contribution in [0.2, 0.25) is 0 Å². The highest BCUT2D eigenvalue weighted by Gasteiger charge is 2.25. The average Bonchev–Trinajstić information content (AvgIpc) is 3.02. The summed E-state index contributed by atoms with van der Waals surface area (Å²) in [5.41, 5.74) is 1.55. The largest absolute Gasteiger partial charge is 0.387 e. The molecule has 1 fully saturated rings. The number of aromatic nitrogens is 2. The van der Waals surface area contributed by atoms with Gasteiger partial charge in [-0.2, -0.15) is 5.10 Å². The molecule has 1 aliphatic rings. The van der Waals surface area contributed by atoms with E-state index in [1.54, 1.807) is 24.0 Å². The van der Waals surface area contributed by atoms with Crippen LogP contribution in [0, 0.1) is 0 Å². The maximum atomic E-state index is 12.4. The summed E-state index contributed by atoms with van der Waals surface area (Å²) in [4.78, 5) is 16.5. The van der Waals surface area contributed by atoms with E-state index < -0.39 is 6.10 Å². The molecule has 0 spiro atoms. The molecule has 0 aliphatic carbocycles. The van der Waals surface area contributed by atoms with Crippen molar-refractivity contribution >= 4 is 5.91 Å². The lowest BCUT2D eigenvalue weighted by atomic mass is 10.1. The zero-order chi connectivity index (χ0) is 16.2. The molecule has 0 radical (unpaired) electrons. The smallest absolute Gasteiger partial charge is 0.272 e. The van der Waals surface area contributed by atoms with Crippen molar-refractivity contribution in [3.63, 3.8) is 0 Å². The van der Waals surface area contributed by atoms with Crippen LogP contribution >= 0.6 is 0 Å². The number of piperazine rings is 1. The molecule has 1 saturated heterocycles. The van der Waals surface area contributed by atoms with Crippen LogP contribution < -0.4 is 0 Å². The summed E-state index contributed by atoms with van der Waals surface area (Å²) in [6, 6.07) is 11.4. The van der Waals surface area contributed by atoms with E-state index in [4.69, 9.17) is 0 Å². The first-order chi connectivity index (χ1) is 11.1. The van der Waals surface area contributed by atoms with E-state index in [1.165, 1.54) is 0 Å². The molecule has 0 saturated carbocycles. The number of β-amino-alcohol motifs (C(OH)–C–C–N with tert-alkyl or cyclic N) is 1. The molecule has 1 aromatic carbocycles. The Morgan fingerprint density at radius 2 is 1.87 bits per heavy atom. The number of amides is 1. The predicted octanol–water partition coefficient (Wildman–Crippen LogP) is 0.911. The van der Waals surface area contributed by atoms with Gasteiger partial charge in [0.15, 0.2) is 0 Å². The molecule has 1 aromatic heterocycles. The second kappa shape index (κ2) is 6.93. The number of aliphatic hydroxyl groups is 1. The number of rotatable bonds is 4. The highest BCUT2D eigenvalue weighted by molar-refractivity contribution is 5.92. The van der Waals surface area contributed by atoms with Crippen molar-refractivity contribution in [1.82, 2.24) is 19.6 Å². The number of carbonyl (C=O) groups excluding carboxylic acids is 1. The highest BCUT2D eigenvalue weighted by Crippen LogP contribution is 2.15. The second-order valence-corrected chi connectivity index (χ2v) is 5.86. The molecule has 1 amide bonds. The van der Waals surface area contributed by atoms with Crippen LogP contribution in [0.25, 0.3) is 0 Å². The summed E-state index contributed by atoms with van der Waals surface area (Å²) >= 11 is 0. The Morgan fingerprint density at radius 3 is 2.48 bits per heavy atom.